The average Bonchev–Trinajstić information content (AvgIpc) is 3.13. The average molecular weight is 394 g/mol. The summed E-state index contributed by atoms with van der Waals surface area (Å²) in [5, 5.41) is 14.5. The fraction of sp³-hybridized carbons (Fsp3) is 0.263. The molecule has 0 aromatic heterocycles. The topological polar surface area (TPSA) is 87.7 Å². The maximum Gasteiger partial charge on any atom is 0.416 e. The summed E-state index contributed by atoms with van der Waals surface area (Å²) in [7, 11) is 0. The standard InChI is InChI=1S/C19H17F3N2O4/c20-19(21,22)13-2-1-3-14(9-13)24-18(27)17(26)23-10-15(25)11-4-5-16-12(8-11)6-7-28-16/h1-5,8-9,15,25H,6-7,10H2,(H,23,26)(H,24,27)/t15-/m0/s1. The minimum absolute atomic E-state index is 0.158. The number of aliphatic hydroxyl groups is 1. The summed E-state index contributed by atoms with van der Waals surface area (Å²) in [6.07, 6.45) is -4.88. The third-order valence-electron chi connectivity index (χ3n) is 4.21. The second-order valence-electron chi connectivity index (χ2n) is 6.22. The number of carbonyl (C=O) groups is 2. The van der Waals surface area contributed by atoms with Crippen molar-refractivity contribution in [3.05, 3.63) is 59.2 Å². The lowest BCUT2D eigenvalue weighted by atomic mass is 10.0. The third-order valence-corrected chi connectivity index (χ3v) is 4.21. The lowest BCUT2D eigenvalue weighted by Gasteiger charge is -2.13. The number of nitrogens with one attached hydrogen (secondary N) is 2. The Morgan fingerprint density at radius 3 is 2.68 bits per heavy atom. The van der Waals surface area contributed by atoms with Crippen LogP contribution in [0.3, 0.4) is 0 Å². The first-order valence-electron chi connectivity index (χ1n) is 8.44. The van der Waals surface area contributed by atoms with E-state index in [0.717, 1.165) is 35.9 Å². The van der Waals surface area contributed by atoms with Crippen LogP contribution in [0.1, 0.15) is 22.8 Å². The molecule has 28 heavy (non-hydrogen) atoms. The summed E-state index contributed by atoms with van der Waals surface area (Å²) < 4.78 is 43.4. The number of fused-ring (bicyclic) bond motifs is 1. The highest BCUT2D eigenvalue weighted by Gasteiger charge is 2.30. The maximum absolute atomic E-state index is 12.7. The van der Waals surface area contributed by atoms with E-state index in [0.29, 0.717) is 12.2 Å². The Morgan fingerprint density at radius 2 is 1.93 bits per heavy atom. The summed E-state index contributed by atoms with van der Waals surface area (Å²) in [5.74, 6) is -1.45. The van der Waals surface area contributed by atoms with E-state index in [4.69, 9.17) is 4.74 Å². The molecule has 0 fully saturated rings. The molecule has 1 aliphatic heterocycles. The Kier molecular flexibility index (Phi) is 5.55. The molecule has 3 N–H and O–H groups in total. The number of carbonyl (C=O) groups excluding carboxylic acids is 2. The molecule has 2 amide bonds. The van der Waals surface area contributed by atoms with Gasteiger partial charge in [-0.05, 0) is 41.5 Å². The van der Waals surface area contributed by atoms with Crippen LogP contribution in [0.4, 0.5) is 18.9 Å². The van der Waals surface area contributed by atoms with Gasteiger partial charge in [0, 0.05) is 18.7 Å². The van der Waals surface area contributed by atoms with Gasteiger partial charge < -0.3 is 20.5 Å². The van der Waals surface area contributed by atoms with Crippen LogP contribution in [0.5, 0.6) is 5.75 Å². The summed E-state index contributed by atoms with van der Waals surface area (Å²) >= 11 is 0. The highest BCUT2D eigenvalue weighted by atomic mass is 19.4. The van der Waals surface area contributed by atoms with Crippen molar-refractivity contribution in [2.45, 2.75) is 18.7 Å². The Labute approximate surface area is 158 Å². The Bertz CT molecular complexity index is 899. The van der Waals surface area contributed by atoms with E-state index >= 15 is 0 Å². The number of aliphatic hydroxyl groups excluding tert-OH is 1. The van der Waals surface area contributed by atoms with Crippen molar-refractivity contribution in [3.63, 3.8) is 0 Å². The van der Waals surface area contributed by atoms with E-state index in [9.17, 15) is 27.9 Å². The van der Waals surface area contributed by atoms with Crippen molar-refractivity contribution in [2.24, 2.45) is 0 Å². The van der Waals surface area contributed by atoms with Gasteiger partial charge in [0.25, 0.3) is 0 Å². The van der Waals surface area contributed by atoms with Gasteiger partial charge in [0.15, 0.2) is 0 Å². The van der Waals surface area contributed by atoms with Gasteiger partial charge in [0.05, 0.1) is 18.3 Å². The molecular weight excluding hydrogens is 377 g/mol. The van der Waals surface area contributed by atoms with Gasteiger partial charge in [-0.15, -0.1) is 0 Å². The minimum atomic E-state index is -4.56. The number of ether oxygens (including phenoxy) is 1. The normalized spacial score (nSPS) is 14.0. The second kappa shape index (κ2) is 7.89. The van der Waals surface area contributed by atoms with Gasteiger partial charge in [-0.3, -0.25) is 9.59 Å². The number of halogens is 3. The van der Waals surface area contributed by atoms with Crippen molar-refractivity contribution in [3.8, 4) is 5.75 Å². The lowest BCUT2D eigenvalue weighted by Crippen LogP contribution is -2.37. The smallest absolute Gasteiger partial charge is 0.416 e. The molecule has 1 aliphatic rings. The molecule has 0 bridgehead atoms. The molecule has 2 aromatic rings. The second-order valence-corrected chi connectivity index (χ2v) is 6.22. The molecule has 0 saturated carbocycles. The first-order chi connectivity index (χ1) is 13.2. The zero-order chi connectivity index (χ0) is 20.3. The van der Waals surface area contributed by atoms with E-state index in [-0.39, 0.29) is 12.2 Å². The van der Waals surface area contributed by atoms with Gasteiger partial charge in [-0.1, -0.05) is 12.1 Å². The number of amides is 2. The molecule has 0 unspecified atom stereocenters. The van der Waals surface area contributed by atoms with Crippen molar-refractivity contribution < 1.29 is 32.6 Å². The minimum Gasteiger partial charge on any atom is -0.493 e. The van der Waals surface area contributed by atoms with Crippen LogP contribution < -0.4 is 15.4 Å². The van der Waals surface area contributed by atoms with Crippen LogP contribution in [-0.4, -0.2) is 30.1 Å². The summed E-state index contributed by atoms with van der Waals surface area (Å²) in [5.41, 5.74) is 0.406. The highest BCUT2D eigenvalue weighted by molar-refractivity contribution is 6.39. The highest BCUT2D eigenvalue weighted by Crippen LogP contribution is 2.30. The molecule has 6 nitrogen and oxygen atoms in total. The van der Waals surface area contributed by atoms with E-state index in [2.05, 4.69) is 10.6 Å². The number of anilines is 1. The first kappa shape index (κ1) is 19.7. The van der Waals surface area contributed by atoms with Crippen molar-refractivity contribution >= 4 is 17.5 Å². The molecule has 0 radical (unpaired) electrons. The summed E-state index contributed by atoms with van der Waals surface area (Å²) in [6.45, 7) is 0.343. The van der Waals surface area contributed by atoms with Crippen molar-refractivity contribution in [1.82, 2.24) is 5.32 Å². The molecular formula is C19H17F3N2O4. The van der Waals surface area contributed by atoms with E-state index in [1.807, 2.05) is 0 Å². The SMILES string of the molecule is O=C(NC[C@H](O)c1ccc2c(c1)CCO2)C(=O)Nc1cccc(C(F)(F)F)c1. The van der Waals surface area contributed by atoms with Gasteiger partial charge >= 0.3 is 18.0 Å². The number of hydrogen-bond acceptors (Lipinski definition) is 4. The predicted molar refractivity (Wildman–Crippen MR) is 93.7 cm³/mol. The van der Waals surface area contributed by atoms with Gasteiger partial charge in [0.1, 0.15) is 5.75 Å². The zero-order valence-corrected chi connectivity index (χ0v) is 14.5. The van der Waals surface area contributed by atoms with Crippen LogP contribution in [0.15, 0.2) is 42.5 Å². The Morgan fingerprint density at radius 1 is 1.14 bits per heavy atom. The molecule has 1 heterocycles. The van der Waals surface area contributed by atoms with E-state index in [1.54, 1.807) is 18.2 Å². The monoisotopic (exact) mass is 394 g/mol. The molecule has 9 heteroatoms. The van der Waals surface area contributed by atoms with E-state index < -0.39 is 29.7 Å². The van der Waals surface area contributed by atoms with Crippen LogP contribution >= 0.6 is 0 Å². The number of benzene rings is 2. The number of rotatable bonds is 4. The fourth-order valence-corrected chi connectivity index (χ4v) is 2.76. The summed E-state index contributed by atoms with van der Waals surface area (Å²) in [6, 6.07) is 9.09. The quantitative estimate of drug-likeness (QED) is 0.695. The van der Waals surface area contributed by atoms with Crippen LogP contribution in [-0.2, 0) is 22.2 Å². The molecule has 0 saturated heterocycles. The predicted octanol–water partition coefficient (Wildman–Crippen LogP) is 2.43. The van der Waals surface area contributed by atoms with Crippen LogP contribution in [0, 0.1) is 0 Å². The van der Waals surface area contributed by atoms with Gasteiger partial charge in [0.2, 0.25) is 0 Å². The fourth-order valence-electron chi connectivity index (χ4n) is 2.76. The molecule has 1 atom stereocenters. The Hall–Kier alpha value is -3.07. The third kappa shape index (κ3) is 4.61. The molecule has 2 aromatic carbocycles. The summed E-state index contributed by atoms with van der Waals surface area (Å²) in [4.78, 5) is 23.7. The van der Waals surface area contributed by atoms with Gasteiger partial charge in [-0.25, -0.2) is 0 Å². The molecule has 0 aliphatic carbocycles. The molecule has 0 spiro atoms. The van der Waals surface area contributed by atoms with Crippen molar-refractivity contribution in [1.29, 1.82) is 0 Å². The first-order valence-corrected chi connectivity index (χ1v) is 8.44. The Balaban J connectivity index is 1.55. The lowest BCUT2D eigenvalue weighted by molar-refractivity contribution is -0.137. The molecule has 148 valence electrons. The molecule has 3 rings (SSSR count). The number of alkyl halides is 3. The largest absolute Gasteiger partial charge is 0.493 e. The van der Waals surface area contributed by atoms with E-state index in [1.165, 1.54) is 6.07 Å². The zero-order valence-electron chi connectivity index (χ0n) is 14.5. The van der Waals surface area contributed by atoms with Crippen molar-refractivity contribution in [2.75, 3.05) is 18.5 Å². The maximum atomic E-state index is 12.7. The van der Waals surface area contributed by atoms with Crippen LogP contribution in [0.2, 0.25) is 0 Å². The number of hydrogen-bond donors (Lipinski definition) is 3. The van der Waals surface area contributed by atoms with Crippen LogP contribution in [0.25, 0.3) is 0 Å². The van der Waals surface area contributed by atoms with Gasteiger partial charge in [-0.2, -0.15) is 13.2 Å².